The molecule has 1 amide bonds. The second-order valence-corrected chi connectivity index (χ2v) is 7.50. The number of amides is 1. The highest BCUT2D eigenvalue weighted by Gasteiger charge is 2.12. The van der Waals surface area contributed by atoms with Gasteiger partial charge in [0, 0.05) is 15.7 Å². The van der Waals surface area contributed by atoms with Gasteiger partial charge < -0.3 is 10.1 Å². The summed E-state index contributed by atoms with van der Waals surface area (Å²) in [6.45, 7) is 2.17. The van der Waals surface area contributed by atoms with Crippen molar-refractivity contribution in [2.75, 3.05) is 5.32 Å². The fourth-order valence-corrected chi connectivity index (χ4v) is 3.02. The van der Waals surface area contributed by atoms with Crippen LogP contribution in [0.3, 0.4) is 0 Å². The van der Waals surface area contributed by atoms with Gasteiger partial charge in [0.1, 0.15) is 29.8 Å². The molecule has 3 rings (SSSR count). The number of rotatable bonds is 6. The zero-order valence-corrected chi connectivity index (χ0v) is 17.7. The average Bonchev–Trinajstić information content (AvgIpc) is 2.74. The smallest absolute Gasteiger partial charge is 0.266 e. The maximum Gasteiger partial charge on any atom is 0.266 e. The average molecular weight is 465 g/mol. The van der Waals surface area contributed by atoms with Gasteiger partial charge in [-0.25, -0.2) is 4.39 Å². The Labute approximate surface area is 182 Å². The van der Waals surface area contributed by atoms with Gasteiger partial charge in [-0.2, -0.15) is 5.26 Å². The van der Waals surface area contributed by atoms with Crippen molar-refractivity contribution in [3.05, 3.63) is 99.3 Å². The van der Waals surface area contributed by atoms with E-state index in [1.165, 1.54) is 18.2 Å². The maximum absolute atomic E-state index is 13.1. The molecule has 0 aliphatic carbocycles. The Balaban J connectivity index is 1.81. The number of halogens is 2. The molecular weight excluding hydrogens is 447 g/mol. The van der Waals surface area contributed by atoms with Gasteiger partial charge in [-0.05, 0) is 61.0 Å². The Morgan fingerprint density at radius 3 is 2.50 bits per heavy atom. The van der Waals surface area contributed by atoms with Gasteiger partial charge in [-0.3, -0.25) is 4.79 Å². The van der Waals surface area contributed by atoms with E-state index in [0.29, 0.717) is 17.0 Å². The lowest BCUT2D eigenvalue weighted by Gasteiger charge is -2.11. The summed E-state index contributed by atoms with van der Waals surface area (Å²) in [6.07, 6.45) is 1.48. The Bertz CT molecular complexity index is 1120. The molecule has 0 saturated heterocycles. The first-order chi connectivity index (χ1) is 14.4. The van der Waals surface area contributed by atoms with Crippen LogP contribution in [-0.2, 0) is 11.4 Å². The van der Waals surface area contributed by atoms with Crippen molar-refractivity contribution in [2.45, 2.75) is 13.5 Å². The second-order valence-electron chi connectivity index (χ2n) is 6.59. The van der Waals surface area contributed by atoms with Crippen LogP contribution < -0.4 is 10.1 Å². The van der Waals surface area contributed by atoms with E-state index in [1.807, 2.05) is 25.1 Å². The number of carbonyl (C=O) groups excluding carboxylic acids is 1. The minimum Gasteiger partial charge on any atom is -0.488 e. The molecule has 0 aliphatic rings. The van der Waals surface area contributed by atoms with E-state index >= 15 is 0 Å². The van der Waals surface area contributed by atoms with Crippen LogP contribution in [0.15, 0.2) is 76.8 Å². The van der Waals surface area contributed by atoms with Crippen molar-refractivity contribution >= 4 is 33.6 Å². The van der Waals surface area contributed by atoms with Gasteiger partial charge in [0.25, 0.3) is 5.91 Å². The van der Waals surface area contributed by atoms with E-state index in [1.54, 1.807) is 42.5 Å². The molecule has 30 heavy (non-hydrogen) atoms. The molecule has 0 radical (unpaired) electrons. The SMILES string of the molecule is Cc1ccc(NC(=O)/C(C#N)=C/c2cc(Br)ccc2OCc2ccc(F)cc2)cc1. The van der Waals surface area contributed by atoms with Crippen molar-refractivity contribution in [1.29, 1.82) is 5.26 Å². The Morgan fingerprint density at radius 1 is 1.13 bits per heavy atom. The van der Waals surface area contributed by atoms with Crippen molar-refractivity contribution in [2.24, 2.45) is 0 Å². The fourth-order valence-electron chi connectivity index (χ4n) is 2.64. The molecule has 3 aromatic carbocycles. The monoisotopic (exact) mass is 464 g/mol. The summed E-state index contributed by atoms with van der Waals surface area (Å²) in [5.41, 5.74) is 2.99. The lowest BCUT2D eigenvalue weighted by Crippen LogP contribution is -2.13. The molecule has 0 saturated carbocycles. The van der Waals surface area contributed by atoms with E-state index in [2.05, 4.69) is 21.2 Å². The highest BCUT2D eigenvalue weighted by molar-refractivity contribution is 9.10. The summed E-state index contributed by atoms with van der Waals surface area (Å²) in [5.74, 6) is -0.325. The van der Waals surface area contributed by atoms with Gasteiger partial charge in [0.05, 0.1) is 0 Å². The Kier molecular flexibility index (Phi) is 6.99. The third-order valence-electron chi connectivity index (χ3n) is 4.25. The first-order valence-corrected chi connectivity index (χ1v) is 9.90. The molecule has 1 N–H and O–H groups in total. The van der Waals surface area contributed by atoms with E-state index in [0.717, 1.165) is 15.6 Å². The zero-order chi connectivity index (χ0) is 21.5. The molecule has 0 atom stereocenters. The van der Waals surface area contributed by atoms with Crippen molar-refractivity contribution in [3.8, 4) is 11.8 Å². The highest BCUT2D eigenvalue weighted by Crippen LogP contribution is 2.27. The largest absolute Gasteiger partial charge is 0.488 e. The summed E-state index contributed by atoms with van der Waals surface area (Å²) < 4.78 is 19.7. The number of hydrogen-bond acceptors (Lipinski definition) is 3. The number of aryl methyl sites for hydroxylation is 1. The van der Waals surface area contributed by atoms with E-state index in [-0.39, 0.29) is 18.0 Å². The molecule has 150 valence electrons. The van der Waals surface area contributed by atoms with E-state index in [9.17, 15) is 14.4 Å². The summed E-state index contributed by atoms with van der Waals surface area (Å²) in [4.78, 5) is 12.6. The maximum atomic E-state index is 13.1. The molecule has 0 spiro atoms. The predicted molar refractivity (Wildman–Crippen MR) is 118 cm³/mol. The van der Waals surface area contributed by atoms with Crippen LogP contribution in [0.5, 0.6) is 5.75 Å². The zero-order valence-electron chi connectivity index (χ0n) is 16.2. The fraction of sp³-hybridized carbons (Fsp3) is 0.0833. The van der Waals surface area contributed by atoms with Crippen LogP contribution in [0.1, 0.15) is 16.7 Å². The number of nitriles is 1. The van der Waals surface area contributed by atoms with E-state index < -0.39 is 5.91 Å². The molecule has 0 heterocycles. The normalized spacial score (nSPS) is 10.9. The van der Waals surface area contributed by atoms with Crippen LogP contribution in [-0.4, -0.2) is 5.91 Å². The van der Waals surface area contributed by atoms with Gasteiger partial charge >= 0.3 is 0 Å². The summed E-state index contributed by atoms with van der Waals surface area (Å²) in [7, 11) is 0. The predicted octanol–water partition coefficient (Wildman–Crippen LogP) is 6.02. The first kappa shape index (κ1) is 21.3. The molecular formula is C24H18BrFN2O2. The van der Waals surface area contributed by atoms with Crippen LogP contribution in [0.25, 0.3) is 6.08 Å². The molecule has 0 aromatic heterocycles. The molecule has 6 heteroatoms. The van der Waals surface area contributed by atoms with Gasteiger partial charge in [-0.1, -0.05) is 45.8 Å². The Morgan fingerprint density at radius 2 is 1.83 bits per heavy atom. The van der Waals surface area contributed by atoms with Crippen molar-refractivity contribution in [1.82, 2.24) is 0 Å². The molecule has 4 nitrogen and oxygen atoms in total. The summed E-state index contributed by atoms with van der Waals surface area (Å²) in [5, 5.41) is 12.2. The summed E-state index contributed by atoms with van der Waals surface area (Å²) >= 11 is 3.40. The number of anilines is 1. The van der Waals surface area contributed by atoms with Crippen LogP contribution >= 0.6 is 15.9 Å². The molecule has 0 unspecified atom stereocenters. The minimum atomic E-state index is -0.509. The van der Waals surface area contributed by atoms with Gasteiger partial charge in [0.15, 0.2) is 0 Å². The standard InChI is InChI=1S/C24H18BrFN2O2/c1-16-2-9-22(10-3-16)28-24(29)19(14-27)12-18-13-20(25)6-11-23(18)30-15-17-4-7-21(26)8-5-17/h2-13H,15H2,1H3,(H,28,29)/b19-12+. The lowest BCUT2D eigenvalue weighted by molar-refractivity contribution is -0.112. The lowest BCUT2D eigenvalue weighted by atomic mass is 10.1. The van der Waals surface area contributed by atoms with Gasteiger partial charge in [-0.15, -0.1) is 0 Å². The molecule has 0 aliphatic heterocycles. The van der Waals surface area contributed by atoms with Crippen LogP contribution in [0.4, 0.5) is 10.1 Å². The molecule has 0 bridgehead atoms. The molecule has 3 aromatic rings. The van der Waals surface area contributed by atoms with E-state index in [4.69, 9.17) is 4.74 Å². The van der Waals surface area contributed by atoms with Crippen molar-refractivity contribution < 1.29 is 13.9 Å². The van der Waals surface area contributed by atoms with Gasteiger partial charge in [0.2, 0.25) is 0 Å². The Hall–Kier alpha value is -3.43. The third-order valence-corrected chi connectivity index (χ3v) is 4.75. The quantitative estimate of drug-likeness (QED) is 0.358. The third kappa shape index (κ3) is 5.79. The van der Waals surface area contributed by atoms with Crippen LogP contribution in [0, 0.1) is 24.1 Å². The first-order valence-electron chi connectivity index (χ1n) is 9.11. The summed E-state index contributed by atoms with van der Waals surface area (Å²) in [6, 6.07) is 20.6. The van der Waals surface area contributed by atoms with Crippen LogP contribution in [0.2, 0.25) is 0 Å². The number of ether oxygens (including phenoxy) is 1. The number of hydrogen-bond donors (Lipinski definition) is 1. The number of nitrogens with zero attached hydrogens (tertiary/aromatic N) is 1. The number of nitrogens with one attached hydrogen (secondary N) is 1. The topological polar surface area (TPSA) is 62.1 Å². The second kappa shape index (κ2) is 9.86. The number of benzene rings is 3. The minimum absolute atomic E-state index is 0.0553. The molecule has 0 fully saturated rings. The number of carbonyl (C=O) groups is 1. The highest BCUT2D eigenvalue weighted by atomic mass is 79.9. The van der Waals surface area contributed by atoms with Crippen molar-refractivity contribution in [3.63, 3.8) is 0 Å².